The summed E-state index contributed by atoms with van der Waals surface area (Å²) in [5.41, 5.74) is 0.795. The predicted molar refractivity (Wildman–Crippen MR) is 112 cm³/mol. The number of hydrogen-bond acceptors (Lipinski definition) is 4. The summed E-state index contributed by atoms with van der Waals surface area (Å²) in [6.07, 6.45) is 1.71. The lowest BCUT2D eigenvalue weighted by Crippen LogP contribution is -2.29. The smallest absolute Gasteiger partial charge is 0.227 e. The molecule has 3 aromatic rings. The second-order valence-electron chi connectivity index (χ2n) is 6.11. The standard InChI is InChI=1S/C19H18Cl2N4O2S/c1-12(26)23-15(16-6-3-9-28-16)10-18(27)24-17-7-8-22-25(17)11-13-4-2-5-14(20)19(13)21/h2-9,15H,10-11H2,1H3,(H,23,26)(H,24,27). The van der Waals surface area contributed by atoms with E-state index in [1.54, 1.807) is 23.0 Å². The minimum atomic E-state index is -0.378. The predicted octanol–water partition coefficient (Wildman–Crippen LogP) is 4.51. The highest BCUT2D eigenvalue weighted by atomic mass is 35.5. The summed E-state index contributed by atoms with van der Waals surface area (Å²) in [5.74, 6) is 0.117. The third kappa shape index (κ3) is 5.13. The van der Waals surface area contributed by atoms with Crippen LogP contribution in [0.5, 0.6) is 0 Å². The van der Waals surface area contributed by atoms with Crippen molar-refractivity contribution < 1.29 is 9.59 Å². The Morgan fingerprint density at radius 3 is 2.75 bits per heavy atom. The SMILES string of the molecule is CC(=O)NC(CC(=O)Nc1ccnn1Cc1cccc(Cl)c1Cl)c1cccs1. The molecule has 0 aliphatic heterocycles. The first kappa shape index (κ1) is 20.4. The van der Waals surface area contributed by atoms with Crippen LogP contribution in [0, 0.1) is 0 Å². The Morgan fingerprint density at radius 1 is 1.21 bits per heavy atom. The van der Waals surface area contributed by atoms with Crippen molar-refractivity contribution in [2.24, 2.45) is 0 Å². The van der Waals surface area contributed by atoms with Crippen molar-refractivity contribution in [1.82, 2.24) is 15.1 Å². The maximum atomic E-state index is 12.6. The molecule has 0 aliphatic rings. The molecule has 0 spiro atoms. The molecule has 0 bridgehead atoms. The van der Waals surface area contributed by atoms with Crippen LogP contribution in [-0.2, 0) is 16.1 Å². The van der Waals surface area contributed by atoms with Crippen LogP contribution in [0.2, 0.25) is 10.0 Å². The summed E-state index contributed by atoms with van der Waals surface area (Å²) in [4.78, 5) is 25.0. The average Bonchev–Trinajstić information content (AvgIpc) is 3.30. The molecule has 0 aliphatic carbocycles. The van der Waals surface area contributed by atoms with Gasteiger partial charge in [0.05, 0.1) is 35.2 Å². The van der Waals surface area contributed by atoms with E-state index in [2.05, 4.69) is 15.7 Å². The lowest BCUT2D eigenvalue weighted by Gasteiger charge is -2.16. The molecule has 3 rings (SSSR count). The van der Waals surface area contributed by atoms with E-state index in [9.17, 15) is 9.59 Å². The van der Waals surface area contributed by atoms with Gasteiger partial charge >= 0.3 is 0 Å². The van der Waals surface area contributed by atoms with E-state index in [4.69, 9.17) is 23.2 Å². The number of carbonyl (C=O) groups excluding carboxylic acids is 2. The quantitative estimate of drug-likeness (QED) is 0.571. The number of amides is 2. The molecule has 1 atom stereocenters. The molecule has 2 aromatic heterocycles. The Balaban J connectivity index is 1.70. The van der Waals surface area contributed by atoms with Gasteiger partial charge in [0.15, 0.2) is 0 Å². The largest absolute Gasteiger partial charge is 0.348 e. The summed E-state index contributed by atoms with van der Waals surface area (Å²) < 4.78 is 1.63. The zero-order valence-corrected chi connectivity index (χ0v) is 17.3. The molecule has 0 saturated carbocycles. The van der Waals surface area contributed by atoms with E-state index in [0.717, 1.165) is 10.4 Å². The number of rotatable bonds is 7. The van der Waals surface area contributed by atoms with Crippen LogP contribution in [0.15, 0.2) is 48.0 Å². The maximum Gasteiger partial charge on any atom is 0.227 e. The summed E-state index contributed by atoms with van der Waals surface area (Å²) in [6, 6.07) is 10.5. The van der Waals surface area contributed by atoms with Crippen molar-refractivity contribution >= 4 is 52.2 Å². The van der Waals surface area contributed by atoms with Crippen molar-refractivity contribution in [1.29, 1.82) is 0 Å². The van der Waals surface area contributed by atoms with Crippen LogP contribution in [0.4, 0.5) is 5.82 Å². The monoisotopic (exact) mass is 436 g/mol. The van der Waals surface area contributed by atoms with Crippen LogP contribution < -0.4 is 10.6 Å². The van der Waals surface area contributed by atoms with Gasteiger partial charge in [0.1, 0.15) is 5.82 Å². The van der Waals surface area contributed by atoms with E-state index in [1.807, 2.05) is 29.6 Å². The molecule has 6 nitrogen and oxygen atoms in total. The van der Waals surface area contributed by atoms with Crippen molar-refractivity contribution in [2.75, 3.05) is 5.32 Å². The molecule has 2 N–H and O–H groups in total. The second-order valence-corrected chi connectivity index (χ2v) is 7.87. The molecule has 0 radical (unpaired) electrons. The molecule has 2 heterocycles. The topological polar surface area (TPSA) is 76.0 Å². The first-order valence-electron chi connectivity index (χ1n) is 8.49. The van der Waals surface area contributed by atoms with Crippen LogP contribution in [0.3, 0.4) is 0 Å². The fraction of sp³-hybridized carbons (Fsp3) is 0.211. The van der Waals surface area contributed by atoms with E-state index in [-0.39, 0.29) is 24.3 Å². The number of anilines is 1. The number of carbonyl (C=O) groups is 2. The highest BCUT2D eigenvalue weighted by Gasteiger charge is 2.19. The molecular formula is C19H18Cl2N4O2S. The molecule has 146 valence electrons. The number of nitrogens with one attached hydrogen (secondary N) is 2. The second kappa shape index (κ2) is 9.23. The van der Waals surface area contributed by atoms with Crippen molar-refractivity contribution in [3.05, 3.63) is 68.5 Å². The maximum absolute atomic E-state index is 12.6. The molecule has 9 heteroatoms. The Morgan fingerprint density at radius 2 is 2.04 bits per heavy atom. The normalized spacial score (nSPS) is 11.8. The molecule has 2 amide bonds. The van der Waals surface area contributed by atoms with E-state index >= 15 is 0 Å². The number of halogens is 2. The van der Waals surface area contributed by atoms with Gasteiger partial charge in [-0.15, -0.1) is 11.3 Å². The van der Waals surface area contributed by atoms with E-state index in [1.165, 1.54) is 18.3 Å². The number of benzene rings is 1. The first-order chi connectivity index (χ1) is 13.4. The zero-order valence-electron chi connectivity index (χ0n) is 15.0. The highest BCUT2D eigenvalue weighted by Crippen LogP contribution is 2.27. The molecule has 1 unspecified atom stereocenters. The van der Waals surface area contributed by atoms with Crippen LogP contribution in [0.25, 0.3) is 0 Å². The fourth-order valence-electron chi connectivity index (χ4n) is 2.73. The highest BCUT2D eigenvalue weighted by molar-refractivity contribution is 7.10. The molecule has 1 aromatic carbocycles. The summed E-state index contributed by atoms with van der Waals surface area (Å²) in [6.45, 7) is 1.80. The van der Waals surface area contributed by atoms with Gasteiger partial charge < -0.3 is 10.6 Å². The van der Waals surface area contributed by atoms with Gasteiger partial charge in [-0.25, -0.2) is 4.68 Å². The van der Waals surface area contributed by atoms with Gasteiger partial charge in [0.2, 0.25) is 11.8 Å². The van der Waals surface area contributed by atoms with Gasteiger partial charge in [-0.05, 0) is 23.1 Å². The van der Waals surface area contributed by atoms with Crippen LogP contribution in [0.1, 0.15) is 29.8 Å². The third-order valence-corrected chi connectivity index (χ3v) is 5.83. The Hall–Kier alpha value is -2.35. The molecule has 28 heavy (non-hydrogen) atoms. The summed E-state index contributed by atoms with van der Waals surface area (Å²) in [5, 5.41) is 12.7. The Kier molecular flexibility index (Phi) is 6.72. The van der Waals surface area contributed by atoms with Crippen molar-refractivity contribution in [3.63, 3.8) is 0 Å². The summed E-state index contributed by atoms with van der Waals surface area (Å²) >= 11 is 13.8. The van der Waals surface area contributed by atoms with Crippen LogP contribution >= 0.6 is 34.5 Å². The molecular weight excluding hydrogens is 419 g/mol. The lowest BCUT2D eigenvalue weighted by atomic mass is 10.1. The lowest BCUT2D eigenvalue weighted by molar-refractivity contribution is -0.120. The van der Waals surface area contributed by atoms with Gasteiger partial charge in [-0.1, -0.05) is 41.4 Å². The van der Waals surface area contributed by atoms with Crippen molar-refractivity contribution in [2.45, 2.75) is 25.9 Å². The van der Waals surface area contributed by atoms with Gasteiger partial charge in [0, 0.05) is 17.9 Å². The number of nitrogens with zero attached hydrogens (tertiary/aromatic N) is 2. The number of aromatic nitrogens is 2. The fourth-order valence-corrected chi connectivity index (χ4v) is 3.89. The first-order valence-corrected chi connectivity index (χ1v) is 10.1. The summed E-state index contributed by atoms with van der Waals surface area (Å²) in [7, 11) is 0. The van der Waals surface area contributed by atoms with Gasteiger partial charge in [-0.3, -0.25) is 9.59 Å². The molecule has 0 fully saturated rings. The van der Waals surface area contributed by atoms with E-state index < -0.39 is 0 Å². The Bertz CT molecular complexity index is 972. The van der Waals surface area contributed by atoms with Crippen LogP contribution in [-0.4, -0.2) is 21.6 Å². The third-order valence-electron chi connectivity index (χ3n) is 3.99. The number of thiophene rings is 1. The zero-order chi connectivity index (χ0) is 20.1. The molecule has 0 saturated heterocycles. The minimum absolute atomic E-state index is 0.114. The van der Waals surface area contributed by atoms with E-state index in [0.29, 0.717) is 22.4 Å². The average molecular weight is 437 g/mol. The number of hydrogen-bond donors (Lipinski definition) is 2. The van der Waals surface area contributed by atoms with Crippen molar-refractivity contribution in [3.8, 4) is 0 Å². The minimum Gasteiger partial charge on any atom is -0.348 e. The van der Waals surface area contributed by atoms with Gasteiger partial charge in [-0.2, -0.15) is 5.10 Å². The Labute approximate surface area is 176 Å². The van der Waals surface area contributed by atoms with Gasteiger partial charge in [0.25, 0.3) is 0 Å².